The van der Waals surface area contributed by atoms with Crippen LogP contribution in [-0.4, -0.2) is 21.9 Å². The molecular weight excluding hydrogens is 302 g/mol. The first-order valence-electron chi connectivity index (χ1n) is 8.12. The Balaban J connectivity index is 1.41. The normalized spacial score (nSPS) is 16.5. The number of carbonyl (C=O) groups is 1. The van der Waals surface area contributed by atoms with E-state index in [9.17, 15) is 4.79 Å². The number of nitrogens with zero attached hydrogens (tertiary/aromatic N) is 2. The summed E-state index contributed by atoms with van der Waals surface area (Å²) in [6.45, 7) is 2.89. The van der Waals surface area contributed by atoms with Crippen molar-refractivity contribution in [1.29, 1.82) is 0 Å². The maximum Gasteiger partial charge on any atom is 0.227 e. The summed E-state index contributed by atoms with van der Waals surface area (Å²) in [7, 11) is 0. The van der Waals surface area contributed by atoms with Gasteiger partial charge in [0.15, 0.2) is 0 Å². The molecule has 0 aliphatic carbocycles. The van der Waals surface area contributed by atoms with Crippen LogP contribution in [0.5, 0.6) is 5.75 Å². The van der Waals surface area contributed by atoms with Crippen LogP contribution in [0.1, 0.15) is 16.8 Å². The summed E-state index contributed by atoms with van der Waals surface area (Å²) in [5.74, 6) is 0.745. The first-order chi connectivity index (χ1) is 11.7. The number of hydrogen-bond acceptors (Lipinski definition) is 3. The predicted molar refractivity (Wildman–Crippen MR) is 90.9 cm³/mol. The van der Waals surface area contributed by atoms with Crippen molar-refractivity contribution in [2.45, 2.75) is 19.9 Å². The Bertz CT molecular complexity index is 901. The van der Waals surface area contributed by atoms with E-state index in [1.54, 1.807) is 0 Å². The van der Waals surface area contributed by atoms with E-state index in [0.29, 0.717) is 19.6 Å². The monoisotopic (exact) mass is 321 g/mol. The van der Waals surface area contributed by atoms with E-state index in [2.05, 4.69) is 10.3 Å². The molecule has 0 radical (unpaired) electrons. The van der Waals surface area contributed by atoms with E-state index in [4.69, 9.17) is 4.74 Å². The molecule has 5 nitrogen and oxygen atoms in total. The van der Waals surface area contributed by atoms with Crippen LogP contribution < -0.4 is 10.1 Å². The van der Waals surface area contributed by atoms with Crippen molar-refractivity contribution in [3.8, 4) is 5.75 Å². The van der Waals surface area contributed by atoms with E-state index < -0.39 is 0 Å². The molecule has 3 aromatic rings. The zero-order valence-electron chi connectivity index (χ0n) is 13.5. The van der Waals surface area contributed by atoms with Gasteiger partial charge in [0, 0.05) is 12.4 Å². The van der Waals surface area contributed by atoms with Gasteiger partial charge in [-0.3, -0.25) is 4.79 Å². The molecule has 0 spiro atoms. The maximum atomic E-state index is 12.4. The third-order valence-corrected chi connectivity index (χ3v) is 4.36. The second-order valence-electron chi connectivity index (χ2n) is 6.24. The number of aryl methyl sites for hydroxylation is 1. The Labute approximate surface area is 140 Å². The number of pyridine rings is 1. The molecule has 5 heteroatoms. The van der Waals surface area contributed by atoms with Gasteiger partial charge in [-0.15, -0.1) is 0 Å². The molecule has 1 atom stereocenters. The number of amides is 1. The fourth-order valence-electron chi connectivity index (χ4n) is 3.04. The maximum absolute atomic E-state index is 12.4. The van der Waals surface area contributed by atoms with Crippen molar-refractivity contribution in [2.75, 3.05) is 6.61 Å². The molecule has 0 unspecified atom stereocenters. The van der Waals surface area contributed by atoms with E-state index in [0.717, 1.165) is 22.7 Å². The van der Waals surface area contributed by atoms with Crippen LogP contribution in [0.3, 0.4) is 0 Å². The number of hydrogen-bond donors (Lipinski definition) is 1. The smallest absolute Gasteiger partial charge is 0.227 e. The Morgan fingerprint density at radius 1 is 1.38 bits per heavy atom. The van der Waals surface area contributed by atoms with Gasteiger partial charge < -0.3 is 14.5 Å². The van der Waals surface area contributed by atoms with Crippen LogP contribution in [0.4, 0.5) is 0 Å². The van der Waals surface area contributed by atoms with Gasteiger partial charge in [0.05, 0.1) is 18.2 Å². The van der Waals surface area contributed by atoms with Crippen LogP contribution in [-0.2, 0) is 17.8 Å². The van der Waals surface area contributed by atoms with Gasteiger partial charge in [-0.2, -0.15) is 0 Å². The lowest BCUT2D eigenvalue weighted by Crippen LogP contribution is -2.37. The predicted octanol–water partition coefficient (Wildman–Crippen LogP) is 2.51. The average Bonchev–Trinajstić information content (AvgIpc) is 3.01. The van der Waals surface area contributed by atoms with Crippen molar-refractivity contribution in [3.05, 3.63) is 65.6 Å². The van der Waals surface area contributed by atoms with E-state index >= 15 is 0 Å². The third kappa shape index (κ3) is 2.85. The Hall–Kier alpha value is -2.82. The van der Waals surface area contributed by atoms with Gasteiger partial charge >= 0.3 is 0 Å². The molecule has 24 heavy (non-hydrogen) atoms. The molecule has 1 amide bonds. The highest BCUT2D eigenvalue weighted by Crippen LogP contribution is 2.26. The van der Waals surface area contributed by atoms with Crippen molar-refractivity contribution >= 4 is 11.6 Å². The van der Waals surface area contributed by atoms with Gasteiger partial charge in [0.25, 0.3) is 0 Å². The zero-order valence-corrected chi connectivity index (χ0v) is 13.5. The van der Waals surface area contributed by atoms with Crippen molar-refractivity contribution in [3.63, 3.8) is 0 Å². The molecule has 1 aliphatic heterocycles. The molecule has 1 N–H and O–H groups in total. The van der Waals surface area contributed by atoms with E-state index in [1.165, 1.54) is 5.56 Å². The molecule has 1 aromatic carbocycles. The zero-order chi connectivity index (χ0) is 16.5. The van der Waals surface area contributed by atoms with Gasteiger partial charge in [-0.1, -0.05) is 18.2 Å². The third-order valence-electron chi connectivity index (χ3n) is 4.36. The average molecular weight is 321 g/mol. The first-order valence-corrected chi connectivity index (χ1v) is 8.12. The number of nitrogens with one attached hydrogen (secondary N) is 1. The summed E-state index contributed by atoms with van der Waals surface area (Å²) in [6, 6.07) is 11.9. The SMILES string of the molecule is Cc1ccn2cc(CNC(=O)[C@H]3COc4ccccc4C3)nc2c1. The van der Waals surface area contributed by atoms with Crippen molar-refractivity contribution < 1.29 is 9.53 Å². The standard InChI is InChI=1S/C19H19N3O2/c1-13-6-7-22-11-16(21-18(22)8-13)10-20-19(23)15-9-14-4-2-3-5-17(14)24-12-15/h2-8,11,15H,9-10,12H2,1H3,(H,20,23)/t15-/m1/s1. The molecule has 2 aromatic heterocycles. The highest BCUT2D eigenvalue weighted by Gasteiger charge is 2.25. The second-order valence-corrected chi connectivity index (χ2v) is 6.24. The quantitative estimate of drug-likeness (QED) is 0.806. The largest absolute Gasteiger partial charge is 0.492 e. The van der Waals surface area contributed by atoms with Gasteiger partial charge in [0.1, 0.15) is 18.0 Å². The minimum atomic E-state index is -0.154. The number of imidazole rings is 1. The number of rotatable bonds is 3. The summed E-state index contributed by atoms with van der Waals surface area (Å²) in [4.78, 5) is 17.0. The molecule has 3 heterocycles. The fourth-order valence-corrected chi connectivity index (χ4v) is 3.04. The molecule has 0 saturated carbocycles. The number of ether oxygens (including phenoxy) is 1. The van der Waals surface area contributed by atoms with E-state index in [1.807, 2.05) is 60.1 Å². The lowest BCUT2D eigenvalue weighted by Gasteiger charge is -2.24. The molecule has 1 aliphatic rings. The van der Waals surface area contributed by atoms with Crippen molar-refractivity contribution in [2.24, 2.45) is 5.92 Å². The molecule has 4 rings (SSSR count). The molecule has 122 valence electrons. The van der Waals surface area contributed by atoms with Crippen LogP contribution in [0.25, 0.3) is 5.65 Å². The van der Waals surface area contributed by atoms with Crippen molar-refractivity contribution in [1.82, 2.24) is 14.7 Å². The number of para-hydroxylation sites is 1. The molecule has 0 fully saturated rings. The van der Waals surface area contributed by atoms with E-state index in [-0.39, 0.29) is 11.8 Å². The Morgan fingerprint density at radius 2 is 2.25 bits per heavy atom. The summed E-state index contributed by atoms with van der Waals surface area (Å²) in [5, 5.41) is 2.98. The number of fused-ring (bicyclic) bond motifs is 2. The summed E-state index contributed by atoms with van der Waals surface area (Å²) in [6.07, 6.45) is 4.64. The minimum absolute atomic E-state index is 0.0118. The lowest BCUT2D eigenvalue weighted by atomic mass is 9.96. The summed E-state index contributed by atoms with van der Waals surface area (Å²) in [5.41, 5.74) is 4.01. The second kappa shape index (κ2) is 6.00. The van der Waals surface area contributed by atoms with Crippen LogP contribution in [0.15, 0.2) is 48.8 Å². The highest BCUT2D eigenvalue weighted by molar-refractivity contribution is 5.79. The van der Waals surface area contributed by atoms with Gasteiger partial charge in [-0.25, -0.2) is 4.98 Å². The summed E-state index contributed by atoms with van der Waals surface area (Å²) < 4.78 is 7.66. The van der Waals surface area contributed by atoms with Gasteiger partial charge in [-0.05, 0) is 42.7 Å². The topological polar surface area (TPSA) is 55.6 Å². The molecule has 0 saturated heterocycles. The highest BCUT2D eigenvalue weighted by atomic mass is 16.5. The Morgan fingerprint density at radius 3 is 3.17 bits per heavy atom. The minimum Gasteiger partial charge on any atom is -0.492 e. The fraction of sp³-hybridized carbons (Fsp3) is 0.263. The summed E-state index contributed by atoms with van der Waals surface area (Å²) >= 11 is 0. The van der Waals surface area contributed by atoms with Crippen LogP contribution in [0.2, 0.25) is 0 Å². The first kappa shape index (κ1) is 14.8. The number of aromatic nitrogens is 2. The number of carbonyl (C=O) groups excluding carboxylic acids is 1. The molecule has 0 bridgehead atoms. The van der Waals surface area contributed by atoms with Crippen LogP contribution in [0, 0.1) is 12.8 Å². The molecular formula is C19H19N3O2. The number of benzene rings is 1. The lowest BCUT2D eigenvalue weighted by molar-refractivity contribution is -0.126. The van der Waals surface area contributed by atoms with Gasteiger partial charge in [0.2, 0.25) is 5.91 Å². The van der Waals surface area contributed by atoms with Crippen LogP contribution >= 0.6 is 0 Å². The Kier molecular flexibility index (Phi) is 3.69.